The van der Waals surface area contributed by atoms with Gasteiger partial charge in [-0.15, -0.1) is 0 Å². The highest BCUT2D eigenvalue weighted by Gasteiger charge is 2.53. The summed E-state index contributed by atoms with van der Waals surface area (Å²) in [6.07, 6.45) is -2.93. The summed E-state index contributed by atoms with van der Waals surface area (Å²) in [5.74, 6) is -6.40. The Morgan fingerprint density at radius 2 is 1.89 bits per heavy atom. The molecule has 1 unspecified atom stereocenters. The Bertz CT molecular complexity index is 449. The number of rotatable bonds is 3. The second kappa shape index (κ2) is 5.19. The molecule has 1 aromatic rings. The number of carbonyl (C=O) groups is 1. The van der Waals surface area contributed by atoms with E-state index in [1.54, 1.807) is 30.3 Å². The molecule has 0 aliphatic carbocycles. The van der Waals surface area contributed by atoms with Crippen LogP contribution in [0.25, 0.3) is 0 Å². The van der Waals surface area contributed by atoms with E-state index in [2.05, 4.69) is 0 Å². The summed E-state index contributed by atoms with van der Waals surface area (Å²) in [4.78, 5) is 12.5. The second-order valence-corrected chi connectivity index (χ2v) is 4.49. The van der Waals surface area contributed by atoms with Crippen molar-refractivity contribution in [3.63, 3.8) is 0 Å². The highest BCUT2D eigenvalue weighted by Crippen LogP contribution is 2.36. The number of halogens is 4. The predicted molar refractivity (Wildman–Crippen MR) is 61.1 cm³/mol. The van der Waals surface area contributed by atoms with Crippen LogP contribution in [0.15, 0.2) is 30.3 Å². The summed E-state index contributed by atoms with van der Waals surface area (Å²) >= 11 is 0. The van der Waals surface area contributed by atoms with Gasteiger partial charge in [0.05, 0.1) is 6.04 Å². The first-order chi connectivity index (χ1) is 8.94. The lowest BCUT2D eigenvalue weighted by molar-refractivity contribution is -0.181. The predicted octanol–water partition coefficient (Wildman–Crippen LogP) is 3.25. The first kappa shape index (κ1) is 13.8. The van der Waals surface area contributed by atoms with Crippen LogP contribution in [0.2, 0.25) is 0 Å². The van der Waals surface area contributed by atoms with Crippen LogP contribution in [-0.2, 0) is 4.79 Å². The number of carbonyl (C=O) groups excluding carboxylic acids is 1. The maximum absolute atomic E-state index is 13.1. The van der Waals surface area contributed by atoms with Gasteiger partial charge < -0.3 is 4.90 Å². The van der Waals surface area contributed by atoms with Gasteiger partial charge in [0.15, 0.2) is 0 Å². The molecule has 1 atom stereocenters. The molecule has 0 spiro atoms. The van der Waals surface area contributed by atoms with Gasteiger partial charge in [-0.25, -0.2) is 8.78 Å². The lowest BCUT2D eigenvalue weighted by Crippen LogP contribution is -2.47. The Morgan fingerprint density at radius 3 is 2.47 bits per heavy atom. The highest BCUT2D eigenvalue weighted by molar-refractivity contribution is 5.84. The van der Waals surface area contributed by atoms with Gasteiger partial charge in [0.25, 0.3) is 5.91 Å². The fraction of sp³-hybridized carbons (Fsp3) is 0.462. The zero-order valence-corrected chi connectivity index (χ0v) is 10.0. The first-order valence-electron chi connectivity index (χ1n) is 5.96. The van der Waals surface area contributed by atoms with Gasteiger partial charge in [0.2, 0.25) is 0 Å². The largest absolute Gasteiger partial charge is 0.383 e. The van der Waals surface area contributed by atoms with Gasteiger partial charge in [-0.1, -0.05) is 30.3 Å². The molecule has 1 aliphatic rings. The van der Waals surface area contributed by atoms with Crippen molar-refractivity contribution >= 4 is 5.91 Å². The highest BCUT2D eigenvalue weighted by atomic mass is 19.3. The Morgan fingerprint density at radius 1 is 1.26 bits per heavy atom. The van der Waals surface area contributed by atoms with Gasteiger partial charge in [-0.05, 0) is 18.4 Å². The van der Waals surface area contributed by atoms with Crippen molar-refractivity contribution in [2.45, 2.75) is 31.2 Å². The Hall–Kier alpha value is -1.59. The molecule has 0 bridgehead atoms. The molecule has 1 fully saturated rings. The van der Waals surface area contributed by atoms with Crippen LogP contribution in [0.3, 0.4) is 0 Å². The van der Waals surface area contributed by atoms with E-state index >= 15 is 0 Å². The molecule has 0 aromatic heterocycles. The molecule has 2 rings (SSSR count). The van der Waals surface area contributed by atoms with Crippen LogP contribution in [0.5, 0.6) is 0 Å². The van der Waals surface area contributed by atoms with Crippen molar-refractivity contribution in [2.75, 3.05) is 6.54 Å². The van der Waals surface area contributed by atoms with Crippen LogP contribution >= 0.6 is 0 Å². The average Bonchev–Trinajstić information content (AvgIpc) is 2.87. The van der Waals surface area contributed by atoms with Gasteiger partial charge in [0, 0.05) is 6.54 Å². The van der Waals surface area contributed by atoms with E-state index in [0.29, 0.717) is 18.4 Å². The van der Waals surface area contributed by atoms with Crippen molar-refractivity contribution in [3.8, 4) is 0 Å². The lowest BCUT2D eigenvalue weighted by atomic mass is 10.0. The summed E-state index contributed by atoms with van der Waals surface area (Å²) in [6, 6.07) is 8.08. The van der Waals surface area contributed by atoms with Crippen molar-refractivity contribution in [1.82, 2.24) is 4.90 Å². The van der Waals surface area contributed by atoms with Crippen molar-refractivity contribution < 1.29 is 22.4 Å². The summed E-state index contributed by atoms with van der Waals surface area (Å²) < 4.78 is 50.8. The molecule has 0 N–H and O–H groups in total. The summed E-state index contributed by atoms with van der Waals surface area (Å²) in [6.45, 7) is 0.0840. The minimum Gasteiger partial charge on any atom is -0.330 e. The minimum absolute atomic E-state index is 0.0840. The maximum Gasteiger partial charge on any atom is 0.383 e. The van der Waals surface area contributed by atoms with E-state index in [1.165, 1.54) is 0 Å². The Labute approximate surface area is 108 Å². The maximum atomic E-state index is 13.1. The molecule has 1 aliphatic heterocycles. The molecule has 1 heterocycles. The lowest BCUT2D eigenvalue weighted by Gasteiger charge is -2.28. The number of amides is 1. The van der Waals surface area contributed by atoms with Crippen LogP contribution in [0, 0.1) is 0 Å². The molecular weight excluding hydrogens is 262 g/mol. The van der Waals surface area contributed by atoms with Crippen molar-refractivity contribution in [1.29, 1.82) is 0 Å². The van der Waals surface area contributed by atoms with Gasteiger partial charge in [-0.3, -0.25) is 4.79 Å². The monoisotopic (exact) mass is 275 g/mol. The Kier molecular flexibility index (Phi) is 3.78. The fourth-order valence-corrected chi connectivity index (χ4v) is 2.32. The molecular formula is C13H13F4NO. The molecule has 2 nitrogen and oxygen atoms in total. The quantitative estimate of drug-likeness (QED) is 0.775. The zero-order chi connectivity index (χ0) is 14.0. The number of benzene rings is 1. The molecule has 1 amide bonds. The van der Waals surface area contributed by atoms with Crippen molar-refractivity contribution in [2.24, 2.45) is 0 Å². The molecule has 6 heteroatoms. The third-order valence-corrected chi connectivity index (χ3v) is 3.26. The van der Waals surface area contributed by atoms with E-state index in [-0.39, 0.29) is 6.54 Å². The molecule has 19 heavy (non-hydrogen) atoms. The number of nitrogens with zero attached hydrogens (tertiary/aromatic N) is 1. The topological polar surface area (TPSA) is 20.3 Å². The normalized spacial score (nSPS) is 20.1. The number of alkyl halides is 4. The summed E-state index contributed by atoms with van der Waals surface area (Å²) in [7, 11) is 0. The van der Waals surface area contributed by atoms with E-state index in [1.807, 2.05) is 0 Å². The molecule has 1 saturated heterocycles. The molecule has 0 radical (unpaired) electrons. The third-order valence-electron chi connectivity index (χ3n) is 3.26. The standard InChI is InChI=1S/C13H13F4NO/c14-11(15)13(16,17)12(19)18-8-4-7-10(18)9-5-2-1-3-6-9/h1-3,5-6,10-11H,4,7-8H2. The van der Waals surface area contributed by atoms with E-state index < -0.39 is 24.3 Å². The van der Waals surface area contributed by atoms with Gasteiger partial charge in [-0.2, -0.15) is 8.78 Å². The van der Waals surface area contributed by atoms with Crippen LogP contribution in [-0.4, -0.2) is 29.7 Å². The van der Waals surface area contributed by atoms with Crippen LogP contribution in [0.4, 0.5) is 17.6 Å². The summed E-state index contributed by atoms with van der Waals surface area (Å²) in [5.41, 5.74) is 0.693. The van der Waals surface area contributed by atoms with Crippen molar-refractivity contribution in [3.05, 3.63) is 35.9 Å². The smallest absolute Gasteiger partial charge is 0.330 e. The van der Waals surface area contributed by atoms with E-state index in [9.17, 15) is 22.4 Å². The third kappa shape index (κ3) is 2.57. The summed E-state index contributed by atoms with van der Waals surface area (Å²) in [5, 5.41) is 0. The SMILES string of the molecule is O=C(N1CCCC1c1ccccc1)C(F)(F)C(F)F. The van der Waals surface area contributed by atoms with Gasteiger partial charge in [0.1, 0.15) is 0 Å². The van der Waals surface area contributed by atoms with Crippen LogP contribution in [0.1, 0.15) is 24.4 Å². The molecule has 104 valence electrons. The average molecular weight is 275 g/mol. The van der Waals surface area contributed by atoms with Crippen LogP contribution < -0.4 is 0 Å². The zero-order valence-electron chi connectivity index (χ0n) is 10.0. The Balaban J connectivity index is 2.22. The van der Waals surface area contributed by atoms with E-state index in [4.69, 9.17) is 0 Å². The molecule has 1 aromatic carbocycles. The first-order valence-corrected chi connectivity index (χ1v) is 5.96. The second-order valence-electron chi connectivity index (χ2n) is 4.49. The minimum atomic E-state index is -4.61. The molecule has 0 saturated carbocycles. The van der Waals surface area contributed by atoms with E-state index in [0.717, 1.165) is 4.90 Å². The number of likely N-dealkylation sites (tertiary alicyclic amines) is 1. The fourth-order valence-electron chi connectivity index (χ4n) is 2.32. The number of hydrogen-bond acceptors (Lipinski definition) is 1. The van der Waals surface area contributed by atoms with Gasteiger partial charge >= 0.3 is 12.3 Å². The number of hydrogen-bond donors (Lipinski definition) is 0.